The zero-order valence-electron chi connectivity index (χ0n) is 9.31. The summed E-state index contributed by atoms with van der Waals surface area (Å²) in [6, 6.07) is 6.88. The fourth-order valence-corrected chi connectivity index (χ4v) is 2.45. The van der Waals surface area contributed by atoms with Gasteiger partial charge in [0.25, 0.3) is 5.91 Å². The minimum absolute atomic E-state index is 0.0321. The summed E-state index contributed by atoms with van der Waals surface area (Å²) < 4.78 is 14.1. The Hall–Kier alpha value is -1.73. The molecular weight excluding hydrogens is 337 g/mol. The number of rotatable bonds is 3. The first-order valence-corrected chi connectivity index (χ1v) is 6.68. The van der Waals surface area contributed by atoms with Crippen molar-refractivity contribution < 1.29 is 19.1 Å². The fourth-order valence-electron chi connectivity index (χ4n) is 1.35. The summed E-state index contributed by atoms with van der Waals surface area (Å²) in [7, 11) is 0. The molecule has 0 unspecified atom stereocenters. The number of carboxylic acids is 1. The van der Waals surface area contributed by atoms with E-state index in [1.165, 1.54) is 30.3 Å². The molecule has 1 aromatic carbocycles. The molecule has 0 fully saturated rings. The summed E-state index contributed by atoms with van der Waals surface area (Å²) in [4.78, 5) is 22.8. The molecule has 0 bridgehead atoms. The van der Waals surface area contributed by atoms with Gasteiger partial charge < -0.3 is 10.4 Å². The largest absolute Gasteiger partial charge is 0.477 e. The lowest BCUT2D eigenvalue weighted by Gasteiger charge is -2.05. The van der Waals surface area contributed by atoms with Crippen LogP contribution in [0.3, 0.4) is 0 Å². The van der Waals surface area contributed by atoms with Gasteiger partial charge in [0.15, 0.2) is 0 Å². The number of hydrogen-bond acceptors (Lipinski definition) is 3. The number of hydrogen-bond donors (Lipinski definition) is 2. The molecule has 19 heavy (non-hydrogen) atoms. The van der Waals surface area contributed by atoms with Crippen LogP contribution in [0.1, 0.15) is 19.3 Å². The summed E-state index contributed by atoms with van der Waals surface area (Å²) in [5.74, 6) is -2.21. The maximum Gasteiger partial charge on any atom is 0.345 e. The number of benzene rings is 1. The van der Waals surface area contributed by atoms with E-state index in [4.69, 9.17) is 5.11 Å². The van der Waals surface area contributed by atoms with E-state index in [2.05, 4.69) is 21.2 Å². The monoisotopic (exact) mass is 343 g/mol. The Morgan fingerprint density at radius 1 is 1.21 bits per heavy atom. The molecule has 0 radical (unpaired) electrons. The van der Waals surface area contributed by atoms with Gasteiger partial charge in [0, 0.05) is 4.47 Å². The van der Waals surface area contributed by atoms with E-state index in [1.807, 2.05) is 0 Å². The number of carboxylic acid groups (broad SMARTS) is 1. The van der Waals surface area contributed by atoms with Gasteiger partial charge in [-0.25, -0.2) is 9.18 Å². The van der Waals surface area contributed by atoms with E-state index in [-0.39, 0.29) is 15.4 Å². The van der Waals surface area contributed by atoms with Crippen molar-refractivity contribution in [2.45, 2.75) is 0 Å². The van der Waals surface area contributed by atoms with Crippen LogP contribution in [-0.2, 0) is 0 Å². The third kappa shape index (κ3) is 3.18. The fraction of sp³-hybridized carbons (Fsp3) is 0. The van der Waals surface area contributed by atoms with Crippen LogP contribution in [0.5, 0.6) is 0 Å². The van der Waals surface area contributed by atoms with E-state index in [0.717, 1.165) is 11.3 Å². The zero-order chi connectivity index (χ0) is 14.0. The number of amides is 1. The minimum Gasteiger partial charge on any atom is -0.477 e. The normalized spacial score (nSPS) is 10.2. The molecule has 2 N–H and O–H groups in total. The van der Waals surface area contributed by atoms with Crippen LogP contribution < -0.4 is 5.32 Å². The highest BCUT2D eigenvalue weighted by molar-refractivity contribution is 9.10. The average Bonchev–Trinajstić information content (AvgIpc) is 2.83. The van der Waals surface area contributed by atoms with Crippen LogP contribution >= 0.6 is 27.3 Å². The summed E-state index contributed by atoms with van der Waals surface area (Å²) in [5, 5.41) is 11.2. The maximum absolute atomic E-state index is 13.5. The lowest BCUT2D eigenvalue weighted by molar-refractivity contribution is 0.0702. The van der Waals surface area contributed by atoms with Gasteiger partial charge in [-0.2, -0.15) is 0 Å². The lowest BCUT2D eigenvalue weighted by atomic mass is 10.3. The minimum atomic E-state index is -1.10. The molecule has 7 heteroatoms. The number of anilines is 1. The predicted octanol–water partition coefficient (Wildman–Crippen LogP) is 3.60. The SMILES string of the molecule is O=C(O)c1ccc(C(=O)Nc2cc(Br)ccc2F)s1. The van der Waals surface area contributed by atoms with Crippen LogP contribution in [0.2, 0.25) is 0 Å². The van der Waals surface area contributed by atoms with Crippen LogP contribution in [0.25, 0.3) is 0 Å². The number of carbonyl (C=O) groups excluding carboxylic acids is 1. The smallest absolute Gasteiger partial charge is 0.345 e. The maximum atomic E-state index is 13.5. The summed E-state index contributed by atoms with van der Waals surface area (Å²) in [6.45, 7) is 0. The van der Waals surface area contributed by atoms with Gasteiger partial charge in [-0.3, -0.25) is 4.79 Å². The Balaban J connectivity index is 2.20. The topological polar surface area (TPSA) is 66.4 Å². The van der Waals surface area contributed by atoms with Gasteiger partial charge in [0.2, 0.25) is 0 Å². The third-order valence-electron chi connectivity index (χ3n) is 2.22. The highest BCUT2D eigenvalue weighted by Crippen LogP contribution is 2.22. The first-order chi connectivity index (χ1) is 8.97. The Kier molecular flexibility index (Phi) is 3.96. The molecule has 0 atom stereocenters. The van der Waals surface area contributed by atoms with Gasteiger partial charge in [-0.1, -0.05) is 15.9 Å². The lowest BCUT2D eigenvalue weighted by Crippen LogP contribution is -2.11. The van der Waals surface area contributed by atoms with Crippen molar-refractivity contribution in [2.75, 3.05) is 5.32 Å². The molecule has 2 rings (SSSR count). The van der Waals surface area contributed by atoms with E-state index >= 15 is 0 Å². The van der Waals surface area contributed by atoms with Crippen LogP contribution in [-0.4, -0.2) is 17.0 Å². The van der Waals surface area contributed by atoms with Gasteiger partial charge in [-0.05, 0) is 30.3 Å². The average molecular weight is 344 g/mol. The zero-order valence-corrected chi connectivity index (χ0v) is 11.7. The Labute approximate surface area is 120 Å². The molecule has 0 saturated heterocycles. The van der Waals surface area contributed by atoms with Crippen molar-refractivity contribution in [3.63, 3.8) is 0 Å². The van der Waals surface area contributed by atoms with Crippen molar-refractivity contribution in [2.24, 2.45) is 0 Å². The van der Waals surface area contributed by atoms with E-state index < -0.39 is 17.7 Å². The molecule has 0 aliphatic heterocycles. The molecule has 0 aliphatic rings. The highest BCUT2D eigenvalue weighted by atomic mass is 79.9. The standard InChI is InChI=1S/C12H7BrFNO3S/c13-6-1-2-7(14)8(5-6)15-11(16)9-3-4-10(19-9)12(17)18/h1-5H,(H,15,16)(H,17,18). The number of aromatic carboxylic acids is 1. The molecule has 4 nitrogen and oxygen atoms in total. The van der Waals surface area contributed by atoms with Crippen LogP contribution in [0.15, 0.2) is 34.8 Å². The number of carbonyl (C=O) groups is 2. The number of nitrogens with one attached hydrogen (secondary N) is 1. The number of thiophene rings is 1. The summed E-state index contributed by atoms with van der Waals surface area (Å²) in [5.41, 5.74) is 0.0321. The van der Waals surface area contributed by atoms with Crippen molar-refractivity contribution in [3.8, 4) is 0 Å². The van der Waals surface area contributed by atoms with Gasteiger partial charge >= 0.3 is 5.97 Å². The molecule has 1 heterocycles. The molecule has 2 aromatic rings. The molecule has 0 aliphatic carbocycles. The van der Waals surface area contributed by atoms with Crippen LogP contribution in [0.4, 0.5) is 10.1 Å². The summed E-state index contributed by atoms with van der Waals surface area (Å²) >= 11 is 4.01. The van der Waals surface area contributed by atoms with Gasteiger partial charge in [-0.15, -0.1) is 11.3 Å². The van der Waals surface area contributed by atoms with E-state index in [9.17, 15) is 14.0 Å². The molecule has 0 saturated carbocycles. The Morgan fingerprint density at radius 3 is 2.53 bits per heavy atom. The predicted molar refractivity (Wildman–Crippen MR) is 73.3 cm³/mol. The van der Waals surface area contributed by atoms with E-state index in [0.29, 0.717) is 4.47 Å². The molecular formula is C12H7BrFNO3S. The Morgan fingerprint density at radius 2 is 1.89 bits per heavy atom. The van der Waals surface area contributed by atoms with Crippen molar-refractivity contribution in [1.29, 1.82) is 0 Å². The third-order valence-corrected chi connectivity index (χ3v) is 3.78. The quantitative estimate of drug-likeness (QED) is 0.894. The van der Waals surface area contributed by atoms with E-state index in [1.54, 1.807) is 0 Å². The second-order valence-electron chi connectivity index (χ2n) is 3.55. The van der Waals surface area contributed by atoms with Crippen molar-refractivity contribution in [3.05, 3.63) is 50.4 Å². The van der Waals surface area contributed by atoms with Crippen molar-refractivity contribution in [1.82, 2.24) is 0 Å². The first-order valence-electron chi connectivity index (χ1n) is 5.07. The summed E-state index contributed by atoms with van der Waals surface area (Å²) in [6.07, 6.45) is 0. The van der Waals surface area contributed by atoms with Gasteiger partial charge in [0.05, 0.1) is 10.6 Å². The molecule has 98 valence electrons. The van der Waals surface area contributed by atoms with Crippen molar-refractivity contribution >= 4 is 44.8 Å². The second kappa shape index (κ2) is 5.50. The Bertz CT molecular complexity index is 656. The highest BCUT2D eigenvalue weighted by Gasteiger charge is 2.14. The second-order valence-corrected chi connectivity index (χ2v) is 5.55. The molecule has 1 amide bonds. The molecule has 1 aromatic heterocycles. The number of halogens is 2. The molecule has 0 spiro atoms. The van der Waals surface area contributed by atoms with Gasteiger partial charge in [0.1, 0.15) is 10.7 Å². The van der Waals surface area contributed by atoms with Crippen LogP contribution in [0, 0.1) is 5.82 Å². The first kappa shape index (κ1) is 13.7.